The fraction of sp³-hybridized carbons (Fsp3) is 0.556. The lowest BCUT2D eigenvalue weighted by molar-refractivity contribution is -0.274. The molecule has 0 spiro atoms. The van der Waals surface area contributed by atoms with Crippen LogP contribution >= 0.6 is 11.3 Å². The molecule has 1 rings (SSSR count). The molecule has 9 heteroatoms. The molecule has 0 saturated carbocycles. The van der Waals surface area contributed by atoms with Crippen molar-refractivity contribution < 1.29 is 26.7 Å². The van der Waals surface area contributed by atoms with E-state index in [-0.39, 0.29) is 5.69 Å². The third-order valence-electron chi connectivity index (χ3n) is 2.04. The van der Waals surface area contributed by atoms with Gasteiger partial charge < -0.3 is 4.90 Å². The highest BCUT2D eigenvalue weighted by Gasteiger charge is 2.64. The number of rotatable bonds is 3. The molecule has 0 aromatic carbocycles. The van der Waals surface area contributed by atoms with Crippen LogP contribution in [0, 0.1) is 6.92 Å². The molecule has 1 amide bonds. The zero-order valence-electron chi connectivity index (χ0n) is 9.39. The lowest BCUT2D eigenvalue weighted by Gasteiger charge is -2.24. The van der Waals surface area contributed by atoms with Crippen LogP contribution in [0.2, 0.25) is 0 Å². The third-order valence-corrected chi connectivity index (χ3v) is 2.86. The molecule has 0 aliphatic rings. The Morgan fingerprint density at radius 1 is 1.39 bits per heavy atom. The van der Waals surface area contributed by atoms with Crippen LogP contribution in [0.15, 0.2) is 5.38 Å². The van der Waals surface area contributed by atoms with Gasteiger partial charge in [-0.2, -0.15) is 22.0 Å². The Morgan fingerprint density at radius 3 is 2.33 bits per heavy atom. The Balaban J connectivity index is 2.79. The van der Waals surface area contributed by atoms with Gasteiger partial charge >= 0.3 is 18.0 Å². The summed E-state index contributed by atoms with van der Waals surface area (Å²) in [6, 6.07) is 0. The number of halogens is 5. The topological polar surface area (TPSA) is 33.2 Å². The van der Waals surface area contributed by atoms with E-state index in [4.69, 9.17) is 0 Å². The Hall–Kier alpha value is -1.25. The van der Waals surface area contributed by atoms with Crippen LogP contribution in [-0.4, -0.2) is 34.9 Å². The van der Waals surface area contributed by atoms with Gasteiger partial charge in [-0.1, -0.05) is 0 Å². The van der Waals surface area contributed by atoms with Gasteiger partial charge in [-0.25, -0.2) is 4.98 Å². The highest BCUT2D eigenvalue weighted by atomic mass is 32.1. The first-order chi connectivity index (χ1) is 8.05. The van der Waals surface area contributed by atoms with E-state index in [0.29, 0.717) is 9.91 Å². The molecule has 102 valence electrons. The second kappa shape index (κ2) is 4.79. The number of nitrogens with zero attached hydrogens (tertiary/aromatic N) is 2. The fourth-order valence-electron chi connectivity index (χ4n) is 1.16. The van der Waals surface area contributed by atoms with Crippen molar-refractivity contribution in [2.45, 2.75) is 25.6 Å². The molecule has 18 heavy (non-hydrogen) atoms. The molecule has 0 N–H and O–H groups in total. The second-order valence-electron chi connectivity index (χ2n) is 3.59. The minimum atomic E-state index is -5.89. The summed E-state index contributed by atoms with van der Waals surface area (Å²) in [6.45, 7) is 1.26. The van der Waals surface area contributed by atoms with Crippen molar-refractivity contribution in [3.05, 3.63) is 16.1 Å². The summed E-state index contributed by atoms with van der Waals surface area (Å²) in [5, 5.41) is 2.12. The van der Waals surface area contributed by atoms with Crippen LogP contribution in [0.5, 0.6) is 0 Å². The quantitative estimate of drug-likeness (QED) is 0.801. The van der Waals surface area contributed by atoms with Crippen LogP contribution in [0.1, 0.15) is 10.7 Å². The minimum absolute atomic E-state index is 0.270. The van der Waals surface area contributed by atoms with Gasteiger partial charge in [0.2, 0.25) is 0 Å². The van der Waals surface area contributed by atoms with Gasteiger partial charge in [-0.3, -0.25) is 4.79 Å². The maximum Gasteiger partial charge on any atom is 0.463 e. The summed E-state index contributed by atoms with van der Waals surface area (Å²) < 4.78 is 61.4. The first-order valence-electron chi connectivity index (χ1n) is 4.67. The van der Waals surface area contributed by atoms with Gasteiger partial charge in [0.25, 0.3) is 0 Å². The summed E-state index contributed by atoms with van der Waals surface area (Å²) in [5.41, 5.74) is 0.270. The maximum atomic E-state index is 12.7. The van der Waals surface area contributed by atoms with E-state index in [1.54, 1.807) is 6.92 Å². The average molecular weight is 288 g/mol. The Morgan fingerprint density at radius 2 is 1.94 bits per heavy atom. The average Bonchev–Trinajstić information content (AvgIpc) is 2.61. The second-order valence-corrected chi connectivity index (χ2v) is 4.65. The number of carbonyl (C=O) groups is 1. The summed E-state index contributed by atoms with van der Waals surface area (Å²) in [7, 11) is 0.872. The van der Waals surface area contributed by atoms with Crippen molar-refractivity contribution in [3.63, 3.8) is 0 Å². The van der Waals surface area contributed by atoms with Crippen molar-refractivity contribution in [1.29, 1.82) is 0 Å². The molecular formula is C9H9F5N2OS. The Labute approximate surface area is 103 Å². The molecule has 0 atom stereocenters. The van der Waals surface area contributed by atoms with Crippen LogP contribution < -0.4 is 0 Å². The smallest absolute Gasteiger partial charge is 0.334 e. The van der Waals surface area contributed by atoms with Gasteiger partial charge in [0.1, 0.15) is 0 Å². The van der Waals surface area contributed by atoms with Crippen molar-refractivity contribution >= 4 is 17.2 Å². The predicted octanol–water partition coefficient (Wildman–Crippen LogP) is 2.61. The largest absolute Gasteiger partial charge is 0.463 e. The molecule has 0 bridgehead atoms. The van der Waals surface area contributed by atoms with Gasteiger partial charge in [0.15, 0.2) is 0 Å². The SMILES string of the molecule is Cc1nc(CN(C)C(=O)C(F)(F)C(F)(F)F)cs1. The molecule has 3 nitrogen and oxygen atoms in total. The zero-order chi connectivity index (χ0) is 14.1. The van der Waals surface area contributed by atoms with E-state index in [1.165, 1.54) is 16.7 Å². The number of thiazole rings is 1. The number of aryl methyl sites for hydroxylation is 1. The van der Waals surface area contributed by atoms with E-state index in [9.17, 15) is 26.7 Å². The van der Waals surface area contributed by atoms with Crippen molar-refractivity contribution in [2.75, 3.05) is 7.05 Å². The van der Waals surface area contributed by atoms with Crippen molar-refractivity contribution in [3.8, 4) is 0 Å². The molecule has 0 unspecified atom stereocenters. The number of carbonyl (C=O) groups excluding carboxylic acids is 1. The lowest BCUT2D eigenvalue weighted by atomic mass is 10.2. The predicted molar refractivity (Wildman–Crippen MR) is 54.3 cm³/mol. The summed E-state index contributed by atoms with van der Waals surface area (Å²) >= 11 is 1.21. The highest BCUT2D eigenvalue weighted by molar-refractivity contribution is 7.09. The zero-order valence-corrected chi connectivity index (χ0v) is 10.2. The molecule has 0 fully saturated rings. The first kappa shape index (κ1) is 14.8. The standard InChI is InChI=1S/C9H9F5N2OS/c1-5-15-6(4-18-5)3-16(2)7(17)8(10,11)9(12,13)14/h4H,3H2,1-2H3. The van der Waals surface area contributed by atoms with Crippen molar-refractivity contribution in [1.82, 2.24) is 9.88 Å². The van der Waals surface area contributed by atoms with Crippen molar-refractivity contribution in [2.24, 2.45) is 0 Å². The van der Waals surface area contributed by atoms with Crippen LogP contribution in [0.4, 0.5) is 22.0 Å². The van der Waals surface area contributed by atoms with Gasteiger partial charge in [0, 0.05) is 12.4 Å². The van der Waals surface area contributed by atoms with Crippen LogP contribution in [0.25, 0.3) is 0 Å². The molecule has 0 aliphatic heterocycles. The Kier molecular flexibility index (Phi) is 3.94. The van der Waals surface area contributed by atoms with Gasteiger partial charge in [0.05, 0.1) is 17.2 Å². The van der Waals surface area contributed by atoms with E-state index >= 15 is 0 Å². The van der Waals surface area contributed by atoms with Crippen LogP contribution in [0.3, 0.4) is 0 Å². The number of alkyl halides is 5. The molecule has 0 aliphatic carbocycles. The fourth-order valence-corrected chi connectivity index (χ4v) is 1.76. The monoisotopic (exact) mass is 288 g/mol. The van der Waals surface area contributed by atoms with E-state index in [0.717, 1.165) is 7.05 Å². The first-order valence-corrected chi connectivity index (χ1v) is 5.55. The summed E-state index contributed by atoms with van der Waals surface area (Å²) in [5.74, 6) is -7.67. The number of aromatic nitrogens is 1. The number of hydrogen-bond acceptors (Lipinski definition) is 3. The molecular weight excluding hydrogens is 279 g/mol. The normalized spacial score (nSPS) is 12.6. The molecule has 1 aromatic rings. The molecule has 0 radical (unpaired) electrons. The van der Waals surface area contributed by atoms with Gasteiger partial charge in [-0.05, 0) is 6.92 Å². The lowest BCUT2D eigenvalue weighted by Crippen LogP contribution is -2.50. The van der Waals surface area contributed by atoms with Crippen LogP contribution in [-0.2, 0) is 11.3 Å². The molecule has 1 heterocycles. The molecule has 0 saturated heterocycles. The minimum Gasteiger partial charge on any atom is -0.334 e. The van der Waals surface area contributed by atoms with E-state index in [1.807, 2.05) is 0 Å². The number of hydrogen-bond donors (Lipinski definition) is 0. The summed E-state index contributed by atoms with van der Waals surface area (Å²) in [6.07, 6.45) is -5.89. The third kappa shape index (κ3) is 2.95. The maximum absolute atomic E-state index is 12.7. The Bertz CT molecular complexity index is 442. The highest BCUT2D eigenvalue weighted by Crippen LogP contribution is 2.36. The molecule has 1 aromatic heterocycles. The van der Waals surface area contributed by atoms with Gasteiger partial charge in [-0.15, -0.1) is 11.3 Å². The van der Waals surface area contributed by atoms with E-state index < -0.39 is 24.6 Å². The summed E-state index contributed by atoms with van der Waals surface area (Å²) in [4.78, 5) is 15.2. The van der Waals surface area contributed by atoms with E-state index in [2.05, 4.69) is 4.98 Å². The number of amides is 1.